The predicted octanol–water partition coefficient (Wildman–Crippen LogP) is 4.63. The van der Waals surface area contributed by atoms with Crippen molar-refractivity contribution in [2.24, 2.45) is 0 Å². The van der Waals surface area contributed by atoms with Crippen molar-refractivity contribution in [3.8, 4) is 0 Å². The van der Waals surface area contributed by atoms with Crippen LogP contribution >= 0.6 is 23.2 Å². The van der Waals surface area contributed by atoms with Gasteiger partial charge in [-0.3, -0.25) is 4.79 Å². The van der Waals surface area contributed by atoms with Crippen LogP contribution in [0.25, 0.3) is 11.2 Å². The normalized spacial score (nSPS) is 10.1. The van der Waals surface area contributed by atoms with Crippen molar-refractivity contribution in [2.45, 2.75) is 0 Å². The van der Waals surface area contributed by atoms with Crippen LogP contribution in [-0.4, -0.2) is 11.7 Å². The van der Waals surface area contributed by atoms with Crippen molar-refractivity contribution >= 4 is 40.2 Å². The van der Waals surface area contributed by atoms with E-state index in [1.54, 1.807) is 18.2 Å². The number of carbonyl (C=O) groups is 1. The van der Waals surface area contributed by atoms with E-state index in [9.17, 15) is 4.79 Å². The van der Waals surface area contributed by atoms with Crippen LogP contribution in [0.15, 0.2) is 52.9 Å². The molecule has 3 rings (SSSR count). The number of alkyl halides is 1. The number of hydrogen-bond donors (Lipinski definition) is 0. The molecule has 0 unspecified atom stereocenters. The van der Waals surface area contributed by atoms with Crippen molar-refractivity contribution in [3.63, 3.8) is 0 Å². The van der Waals surface area contributed by atoms with Crippen molar-refractivity contribution < 1.29 is 9.21 Å². The minimum absolute atomic E-state index is 0.0257. The minimum atomic E-state index is -0.0257. The summed E-state index contributed by atoms with van der Waals surface area (Å²) < 4.78 is 5.08. The first-order chi connectivity index (χ1) is 8.70. The van der Waals surface area contributed by atoms with Gasteiger partial charge in [-0.25, -0.2) is 0 Å². The Kier molecular flexibility index (Phi) is 4.24. The quantitative estimate of drug-likeness (QED) is 0.506. The summed E-state index contributed by atoms with van der Waals surface area (Å²) in [5.41, 5.74) is 2.31. The first kappa shape index (κ1) is 12.9. The second-order valence-corrected chi connectivity index (χ2v) is 4.29. The van der Waals surface area contributed by atoms with E-state index in [4.69, 9.17) is 27.6 Å². The average Bonchev–Trinajstić information content (AvgIpc) is 3.01. The lowest BCUT2D eigenvalue weighted by Gasteiger charge is -1.92. The summed E-state index contributed by atoms with van der Waals surface area (Å²) in [6, 6.07) is 14.6. The lowest BCUT2D eigenvalue weighted by Crippen LogP contribution is -1.98. The zero-order valence-corrected chi connectivity index (χ0v) is 10.9. The van der Waals surface area contributed by atoms with Gasteiger partial charge in [-0.05, 0) is 12.1 Å². The van der Waals surface area contributed by atoms with Crippen LogP contribution < -0.4 is 0 Å². The fourth-order valence-corrected chi connectivity index (χ4v) is 1.82. The van der Waals surface area contributed by atoms with Crippen LogP contribution in [0.1, 0.15) is 10.4 Å². The van der Waals surface area contributed by atoms with Gasteiger partial charge in [-0.2, -0.15) is 0 Å². The molecule has 2 heterocycles. The monoisotopic (exact) mass is 280 g/mol. The Labute approximate surface area is 114 Å². The number of carbonyl (C=O) groups excluding carboxylic acids is 1. The Morgan fingerprint density at radius 2 is 1.83 bits per heavy atom. The zero-order chi connectivity index (χ0) is 13.0. The van der Waals surface area contributed by atoms with Crippen LogP contribution in [0.4, 0.5) is 0 Å². The molecule has 18 heavy (non-hydrogen) atoms. The van der Waals surface area contributed by atoms with Gasteiger partial charge in [0.2, 0.25) is 0 Å². The molecule has 3 aromatic rings. The SMILES string of the molecule is Clc1cc2ccc1o2.O=C(CCl)c1ccccc1. The molecular weight excluding hydrogens is 271 g/mol. The van der Waals surface area contributed by atoms with Gasteiger partial charge in [0.05, 0.1) is 10.9 Å². The van der Waals surface area contributed by atoms with Gasteiger partial charge in [0.1, 0.15) is 11.2 Å². The van der Waals surface area contributed by atoms with E-state index in [2.05, 4.69) is 0 Å². The zero-order valence-electron chi connectivity index (χ0n) is 9.40. The van der Waals surface area contributed by atoms with E-state index in [1.165, 1.54) is 0 Å². The smallest absolute Gasteiger partial charge is 0.177 e. The fraction of sp³-hybridized carbons (Fsp3) is 0.0714. The molecule has 0 atom stereocenters. The van der Waals surface area contributed by atoms with E-state index in [0.29, 0.717) is 10.6 Å². The third kappa shape index (κ3) is 3.03. The Balaban J connectivity index is 0.000000136. The molecule has 0 saturated heterocycles. The van der Waals surface area contributed by atoms with Gasteiger partial charge in [-0.1, -0.05) is 41.9 Å². The molecule has 0 fully saturated rings. The van der Waals surface area contributed by atoms with Gasteiger partial charge in [-0.15, -0.1) is 11.6 Å². The molecular formula is C14H10Cl2O2. The third-order valence-electron chi connectivity index (χ3n) is 2.35. The second-order valence-electron chi connectivity index (χ2n) is 3.62. The molecule has 0 N–H and O–H groups in total. The number of hydrogen-bond acceptors (Lipinski definition) is 2. The number of Topliss-reactive ketones (excluding diaryl/α,β-unsaturated/α-hetero) is 1. The highest BCUT2D eigenvalue weighted by Crippen LogP contribution is 2.25. The number of furan rings is 2. The Morgan fingerprint density at radius 3 is 2.22 bits per heavy atom. The number of ketones is 1. The van der Waals surface area contributed by atoms with E-state index in [1.807, 2.05) is 30.3 Å². The first-order valence-corrected chi connectivity index (χ1v) is 6.23. The summed E-state index contributed by atoms with van der Waals surface area (Å²) in [6.07, 6.45) is 0. The summed E-state index contributed by atoms with van der Waals surface area (Å²) >= 11 is 11.0. The van der Waals surface area contributed by atoms with Crippen molar-refractivity contribution in [1.29, 1.82) is 0 Å². The van der Waals surface area contributed by atoms with E-state index >= 15 is 0 Å². The molecule has 0 aliphatic carbocycles. The highest BCUT2D eigenvalue weighted by Gasteiger charge is 2.01. The van der Waals surface area contributed by atoms with Crippen molar-refractivity contribution in [1.82, 2.24) is 0 Å². The lowest BCUT2D eigenvalue weighted by molar-refractivity contribution is 0.102. The van der Waals surface area contributed by atoms with Crippen LogP contribution in [0, 0.1) is 0 Å². The van der Waals surface area contributed by atoms with E-state index in [0.717, 1.165) is 11.2 Å². The number of fused-ring (bicyclic) bond motifs is 2. The molecule has 0 radical (unpaired) electrons. The maximum atomic E-state index is 10.9. The van der Waals surface area contributed by atoms with Crippen LogP contribution in [0.5, 0.6) is 0 Å². The molecule has 0 spiro atoms. The summed E-state index contributed by atoms with van der Waals surface area (Å²) in [5, 5.41) is 0.711. The summed E-state index contributed by atoms with van der Waals surface area (Å²) in [7, 11) is 0. The molecule has 2 bridgehead atoms. The third-order valence-corrected chi connectivity index (χ3v) is 2.89. The van der Waals surface area contributed by atoms with Crippen molar-refractivity contribution in [3.05, 3.63) is 59.1 Å². The van der Waals surface area contributed by atoms with Crippen LogP contribution in [0.2, 0.25) is 5.02 Å². The fourth-order valence-electron chi connectivity index (χ4n) is 1.46. The maximum absolute atomic E-state index is 10.9. The number of rotatable bonds is 2. The van der Waals surface area contributed by atoms with E-state index < -0.39 is 0 Å². The largest absolute Gasteiger partial charge is 0.456 e. The Bertz CT molecular complexity index is 616. The molecule has 2 aromatic heterocycles. The number of halogens is 2. The standard InChI is InChI=1S/C8H7ClO.C6H3ClO/c9-6-8(10)7-4-2-1-3-5-7;7-5-3-4-1-2-6(5)8-4/h1-5H,6H2;1-3H. The molecule has 1 aromatic carbocycles. The molecule has 2 nitrogen and oxygen atoms in total. The first-order valence-electron chi connectivity index (χ1n) is 5.32. The van der Waals surface area contributed by atoms with Crippen molar-refractivity contribution in [2.75, 3.05) is 5.88 Å². The van der Waals surface area contributed by atoms with Gasteiger partial charge >= 0.3 is 0 Å². The van der Waals surface area contributed by atoms with Gasteiger partial charge in [0.15, 0.2) is 5.78 Å². The maximum Gasteiger partial charge on any atom is 0.177 e. The lowest BCUT2D eigenvalue weighted by atomic mass is 10.2. The number of benzene rings is 2. The summed E-state index contributed by atoms with van der Waals surface area (Å²) in [6.45, 7) is 0. The molecule has 0 aliphatic heterocycles. The van der Waals surface area contributed by atoms with E-state index in [-0.39, 0.29) is 11.7 Å². The van der Waals surface area contributed by atoms with Gasteiger partial charge < -0.3 is 4.42 Å². The predicted molar refractivity (Wildman–Crippen MR) is 73.9 cm³/mol. The van der Waals surface area contributed by atoms with Gasteiger partial charge in [0, 0.05) is 11.6 Å². The van der Waals surface area contributed by atoms with Gasteiger partial charge in [0.25, 0.3) is 0 Å². The molecule has 0 aliphatic rings. The average molecular weight is 281 g/mol. The van der Waals surface area contributed by atoms with Crippen LogP contribution in [0.3, 0.4) is 0 Å². The topological polar surface area (TPSA) is 30.2 Å². The van der Waals surface area contributed by atoms with Crippen LogP contribution in [-0.2, 0) is 0 Å². The molecule has 92 valence electrons. The highest BCUT2D eigenvalue weighted by molar-refractivity contribution is 6.34. The minimum Gasteiger partial charge on any atom is -0.456 e. The molecule has 0 amide bonds. The molecule has 0 saturated carbocycles. The summed E-state index contributed by atoms with van der Waals surface area (Å²) in [5.74, 6) is 0.0339. The molecule has 4 heteroatoms. The Morgan fingerprint density at radius 1 is 1.11 bits per heavy atom. The summed E-state index contributed by atoms with van der Waals surface area (Å²) in [4.78, 5) is 10.9. The second kappa shape index (κ2) is 5.89. The Hall–Kier alpha value is -1.51. The highest BCUT2D eigenvalue weighted by atomic mass is 35.5.